The van der Waals surface area contributed by atoms with Crippen LogP contribution >= 0.6 is 11.3 Å². The molecule has 0 radical (unpaired) electrons. The van der Waals surface area contributed by atoms with Crippen molar-refractivity contribution in [1.82, 2.24) is 15.1 Å². The van der Waals surface area contributed by atoms with E-state index in [4.69, 9.17) is 4.74 Å². The first-order valence-electron chi connectivity index (χ1n) is 9.85. The Morgan fingerprint density at radius 2 is 2.04 bits per heavy atom. The van der Waals surface area contributed by atoms with Crippen LogP contribution in [0.25, 0.3) is 0 Å². The molecular formula is C20H29N3O4S. The van der Waals surface area contributed by atoms with E-state index in [0.29, 0.717) is 52.0 Å². The highest BCUT2D eigenvalue weighted by atomic mass is 32.1. The van der Waals surface area contributed by atoms with Crippen LogP contribution in [0.4, 0.5) is 0 Å². The summed E-state index contributed by atoms with van der Waals surface area (Å²) in [5, 5.41) is 2.86. The topological polar surface area (TPSA) is 79.0 Å². The van der Waals surface area contributed by atoms with Gasteiger partial charge in [0.1, 0.15) is 6.04 Å². The van der Waals surface area contributed by atoms with Gasteiger partial charge >= 0.3 is 0 Å². The molecule has 0 aromatic carbocycles. The minimum absolute atomic E-state index is 0.0413. The summed E-state index contributed by atoms with van der Waals surface area (Å²) in [6, 6.07) is 3.39. The number of piperidine rings is 1. The van der Waals surface area contributed by atoms with Crippen LogP contribution in [-0.2, 0) is 14.3 Å². The number of ether oxygens (including phenoxy) is 1. The number of hydrogen-bond acceptors (Lipinski definition) is 5. The van der Waals surface area contributed by atoms with Gasteiger partial charge in [-0.1, -0.05) is 0 Å². The molecule has 1 spiro atoms. The summed E-state index contributed by atoms with van der Waals surface area (Å²) < 4.78 is 4.98. The van der Waals surface area contributed by atoms with Crippen LogP contribution < -0.4 is 5.32 Å². The molecule has 1 N–H and O–H groups in total. The molecule has 1 unspecified atom stereocenters. The van der Waals surface area contributed by atoms with E-state index >= 15 is 0 Å². The molecule has 0 aliphatic carbocycles. The smallest absolute Gasteiger partial charge is 0.263 e. The molecule has 0 saturated carbocycles. The molecule has 3 heterocycles. The molecule has 2 saturated heterocycles. The SMILES string of the molecule is CCN1C(=O)C2(CCN(C(=O)c3ccc(C)s3)CC2)CC1C(=O)NCCOC. The Kier molecular flexibility index (Phi) is 6.40. The van der Waals surface area contributed by atoms with Gasteiger partial charge in [-0.05, 0) is 45.2 Å². The van der Waals surface area contributed by atoms with E-state index in [1.54, 1.807) is 12.0 Å². The lowest BCUT2D eigenvalue weighted by Crippen LogP contribution is -2.47. The molecule has 2 fully saturated rings. The zero-order valence-electron chi connectivity index (χ0n) is 16.8. The second kappa shape index (κ2) is 8.61. The third-order valence-corrected chi connectivity index (χ3v) is 6.87. The number of thiophene rings is 1. The summed E-state index contributed by atoms with van der Waals surface area (Å²) in [5.41, 5.74) is -0.526. The summed E-state index contributed by atoms with van der Waals surface area (Å²) in [6.45, 7) is 6.40. The number of likely N-dealkylation sites (tertiary alicyclic amines) is 2. The maximum Gasteiger partial charge on any atom is 0.263 e. The van der Waals surface area contributed by atoms with Crippen molar-refractivity contribution in [2.24, 2.45) is 5.41 Å². The van der Waals surface area contributed by atoms with E-state index in [1.165, 1.54) is 11.3 Å². The van der Waals surface area contributed by atoms with Gasteiger partial charge < -0.3 is 19.9 Å². The number of hydrogen-bond donors (Lipinski definition) is 1. The number of likely N-dealkylation sites (N-methyl/N-ethyl adjacent to an activating group) is 1. The molecule has 1 aromatic heterocycles. The van der Waals surface area contributed by atoms with Crippen LogP contribution in [0.1, 0.15) is 40.7 Å². The van der Waals surface area contributed by atoms with E-state index in [0.717, 1.165) is 9.75 Å². The van der Waals surface area contributed by atoms with E-state index in [-0.39, 0.29) is 17.7 Å². The number of aryl methyl sites for hydroxylation is 1. The average molecular weight is 408 g/mol. The Labute approximate surface area is 170 Å². The number of methoxy groups -OCH3 is 1. The largest absolute Gasteiger partial charge is 0.383 e. The molecule has 7 nitrogen and oxygen atoms in total. The van der Waals surface area contributed by atoms with E-state index in [1.807, 2.05) is 30.9 Å². The third-order valence-electron chi connectivity index (χ3n) is 5.88. The highest BCUT2D eigenvalue weighted by molar-refractivity contribution is 7.13. The number of rotatable bonds is 6. The first-order chi connectivity index (χ1) is 13.4. The predicted molar refractivity (Wildman–Crippen MR) is 107 cm³/mol. The highest BCUT2D eigenvalue weighted by Crippen LogP contribution is 2.44. The van der Waals surface area contributed by atoms with Gasteiger partial charge in [0.05, 0.1) is 16.9 Å². The van der Waals surface area contributed by atoms with Crippen LogP contribution in [0.5, 0.6) is 0 Å². The third kappa shape index (κ3) is 3.93. The number of carbonyl (C=O) groups excluding carboxylic acids is 3. The first-order valence-corrected chi connectivity index (χ1v) is 10.7. The van der Waals surface area contributed by atoms with Crippen molar-refractivity contribution in [1.29, 1.82) is 0 Å². The van der Waals surface area contributed by atoms with E-state index in [2.05, 4.69) is 5.32 Å². The van der Waals surface area contributed by atoms with Crippen LogP contribution in [-0.4, -0.2) is 73.5 Å². The van der Waals surface area contributed by atoms with Crippen molar-refractivity contribution in [3.8, 4) is 0 Å². The molecule has 3 amide bonds. The Balaban J connectivity index is 1.65. The Morgan fingerprint density at radius 3 is 2.61 bits per heavy atom. The molecule has 2 aliphatic heterocycles. The molecule has 28 heavy (non-hydrogen) atoms. The molecule has 1 aromatic rings. The van der Waals surface area contributed by atoms with Crippen LogP contribution in [0.3, 0.4) is 0 Å². The zero-order valence-corrected chi connectivity index (χ0v) is 17.6. The summed E-state index contributed by atoms with van der Waals surface area (Å²) in [5.74, 6) is -0.0164. The summed E-state index contributed by atoms with van der Waals surface area (Å²) in [4.78, 5) is 43.8. The summed E-state index contributed by atoms with van der Waals surface area (Å²) in [7, 11) is 1.59. The van der Waals surface area contributed by atoms with Gasteiger partial charge in [0, 0.05) is 38.2 Å². The molecule has 3 rings (SSSR count). The summed E-state index contributed by atoms with van der Waals surface area (Å²) >= 11 is 1.50. The van der Waals surface area contributed by atoms with Gasteiger partial charge in [-0.2, -0.15) is 0 Å². The monoisotopic (exact) mass is 407 g/mol. The van der Waals surface area contributed by atoms with Crippen molar-refractivity contribution >= 4 is 29.1 Å². The van der Waals surface area contributed by atoms with Gasteiger partial charge in [0.25, 0.3) is 5.91 Å². The van der Waals surface area contributed by atoms with Gasteiger partial charge in [-0.3, -0.25) is 14.4 Å². The number of nitrogens with one attached hydrogen (secondary N) is 1. The minimum atomic E-state index is -0.526. The van der Waals surface area contributed by atoms with Crippen LogP contribution in [0.15, 0.2) is 12.1 Å². The number of carbonyl (C=O) groups is 3. The predicted octanol–water partition coefficient (Wildman–Crippen LogP) is 1.66. The first kappa shape index (κ1) is 20.8. The van der Waals surface area contributed by atoms with Crippen molar-refractivity contribution in [3.63, 3.8) is 0 Å². The second-order valence-corrected chi connectivity index (χ2v) is 8.87. The lowest BCUT2D eigenvalue weighted by Gasteiger charge is -2.37. The Hall–Kier alpha value is -1.93. The fraction of sp³-hybridized carbons (Fsp3) is 0.650. The molecule has 1 atom stereocenters. The Bertz CT molecular complexity index is 740. The normalized spacial score (nSPS) is 21.4. The summed E-state index contributed by atoms with van der Waals surface area (Å²) in [6.07, 6.45) is 1.75. The van der Waals surface area contributed by atoms with E-state index < -0.39 is 11.5 Å². The standard InChI is InChI=1S/C20H29N3O4S/c1-4-23-15(17(24)21-9-12-27-3)13-20(19(23)26)7-10-22(11-8-20)18(25)16-6-5-14(2)28-16/h5-6,15H,4,7-13H2,1-3H3,(H,21,24). The van der Waals surface area contributed by atoms with Gasteiger partial charge in [0.15, 0.2) is 0 Å². The maximum absolute atomic E-state index is 13.1. The fourth-order valence-corrected chi connectivity index (χ4v) is 5.10. The van der Waals surface area contributed by atoms with Crippen molar-refractivity contribution in [2.75, 3.05) is 39.9 Å². The zero-order chi connectivity index (χ0) is 20.3. The van der Waals surface area contributed by atoms with Crippen molar-refractivity contribution in [3.05, 3.63) is 21.9 Å². The number of amides is 3. The lowest BCUT2D eigenvalue weighted by molar-refractivity contribution is -0.140. The molecular weight excluding hydrogens is 378 g/mol. The van der Waals surface area contributed by atoms with Crippen LogP contribution in [0, 0.1) is 12.3 Å². The molecule has 154 valence electrons. The van der Waals surface area contributed by atoms with Gasteiger partial charge in [-0.25, -0.2) is 0 Å². The van der Waals surface area contributed by atoms with Crippen LogP contribution in [0.2, 0.25) is 0 Å². The second-order valence-electron chi connectivity index (χ2n) is 7.58. The van der Waals surface area contributed by atoms with Crippen molar-refractivity contribution < 1.29 is 19.1 Å². The molecule has 2 aliphatic rings. The van der Waals surface area contributed by atoms with Crippen molar-refractivity contribution in [2.45, 2.75) is 39.2 Å². The van der Waals surface area contributed by atoms with Gasteiger partial charge in [0.2, 0.25) is 11.8 Å². The molecule has 0 bridgehead atoms. The fourth-order valence-electron chi connectivity index (χ4n) is 4.27. The maximum atomic E-state index is 13.1. The molecule has 8 heteroatoms. The Morgan fingerprint density at radius 1 is 1.32 bits per heavy atom. The number of nitrogens with zero attached hydrogens (tertiary/aromatic N) is 2. The minimum Gasteiger partial charge on any atom is -0.383 e. The highest BCUT2D eigenvalue weighted by Gasteiger charge is 2.54. The quantitative estimate of drug-likeness (QED) is 0.728. The average Bonchev–Trinajstić information content (AvgIpc) is 3.24. The lowest BCUT2D eigenvalue weighted by atomic mass is 9.76. The van der Waals surface area contributed by atoms with Gasteiger partial charge in [-0.15, -0.1) is 11.3 Å². The van der Waals surface area contributed by atoms with E-state index in [9.17, 15) is 14.4 Å².